The molecule has 120 valence electrons. The van der Waals surface area contributed by atoms with Crippen LogP contribution in [0, 0.1) is 0 Å². The Hall–Kier alpha value is -1.79. The topological polar surface area (TPSA) is 67.9 Å². The fourth-order valence-electron chi connectivity index (χ4n) is 2.00. The predicted molar refractivity (Wildman–Crippen MR) is 81.9 cm³/mol. The Labute approximate surface area is 134 Å². The van der Waals surface area contributed by atoms with Crippen LogP contribution in [0.15, 0.2) is 24.3 Å². The van der Waals surface area contributed by atoms with Gasteiger partial charge in [-0.3, -0.25) is 9.59 Å². The van der Waals surface area contributed by atoms with Crippen LogP contribution in [0.25, 0.3) is 0 Å². The van der Waals surface area contributed by atoms with E-state index < -0.39 is 0 Å². The first-order valence-electron chi connectivity index (χ1n) is 7.09. The Balaban J connectivity index is 1.76. The lowest BCUT2D eigenvalue weighted by atomic mass is 10.2. The largest absolute Gasteiger partial charge is 0.484 e. The summed E-state index contributed by atoms with van der Waals surface area (Å²) in [6.07, 6.45) is 0. The van der Waals surface area contributed by atoms with Crippen LogP contribution in [-0.4, -0.2) is 55.5 Å². The SMILES string of the molecule is O=C(CCl)NCc1ccc(OCC(=O)N2CCOCC2)cc1. The van der Waals surface area contributed by atoms with E-state index in [4.69, 9.17) is 21.1 Å². The number of benzene rings is 1. The first-order valence-corrected chi connectivity index (χ1v) is 7.62. The highest BCUT2D eigenvalue weighted by atomic mass is 35.5. The van der Waals surface area contributed by atoms with Crippen molar-refractivity contribution in [3.05, 3.63) is 29.8 Å². The molecule has 0 unspecified atom stereocenters. The van der Waals surface area contributed by atoms with Gasteiger partial charge in [0.05, 0.1) is 13.2 Å². The zero-order valence-corrected chi connectivity index (χ0v) is 13.0. The van der Waals surface area contributed by atoms with Gasteiger partial charge < -0.3 is 19.7 Å². The molecular formula is C15H19ClN2O4. The highest BCUT2D eigenvalue weighted by Gasteiger charge is 2.16. The minimum atomic E-state index is -0.210. The van der Waals surface area contributed by atoms with E-state index >= 15 is 0 Å². The highest BCUT2D eigenvalue weighted by Crippen LogP contribution is 2.12. The van der Waals surface area contributed by atoms with Crippen LogP contribution in [0.3, 0.4) is 0 Å². The maximum Gasteiger partial charge on any atom is 0.260 e. The number of ether oxygens (including phenoxy) is 2. The van der Waals surface area contributed by atoms with Gasteiger partial charge in [-0.05, 0) is 17.7 Å². The molecule has 1 aromatic rings. The number of carbonyl (C=O) groups excluding carboxylic acids is 2. The summed E-state index contributed by atoms with van der Waals surface area (Å²) in [5, 5.41) is 2.68. The number of morpholine rings is 1. The second-order valence-corrected chi connectivity index (χ2v) is 5.10. The fourth-order valence-corrected chi connectivity index (χ4v) is 2.10. The molecule has 0 atom stereocenters. The number of hydrogen-bond acceptors (Lipinski definition) is 4. The van der Waals surface area contributed by atoms with E-state index in [9.17, 15) is 9.59 Å². The van der Waals surface area contributed by atoms with Crippen molar-refractivity contribution in [3.8, 4) is 5.75 Å². The van der Waals surface area contributed by atoms with Crippen LogP contribution in [0.5, 0.6) is 5.75 Å². The molecule has 1 heterocycles. The lowest BCUT2D eigenvalue weighted by Gasteiger charge is -2.26. The number of alkyl halides is 1. The van der Waals surface area contributed by atoms with Crippen molar-refractivity contribution >= 4 is 23.4 Å². The van der Waals surface area contributed by atoms with Crippen LogP contribution in [0.1, 0.15) is 5.56 Å². The molecule has 0 saturated carbocycles. The van der Waals surface area contributed by atoms with Crippen molar-refractivity contribution in [1.29, 1.82) is 0 Å². The molecule has 1 aliphatic heterocycles. The summed E-state index contributed by atoms with van der Waals surface area (Å²) in [5.74, 6) is 0.319. The molecule has 1 N–H and O–H groups in total. The van der Waals surface area contributed by atoms with Gasteiger partial charge in [-0.25, -0.2) is 0 Å². The quantitative estimate of drug-likeness (QED) is 0.784. The highest BCUT2D eigenvalue weighted by molar-refractivity contribution is 6.27. The van der Waals surface area contributed by atoms with Gasteiger partial charge in [0, 0.05) is 19.6 Å². The molecule has 1 saturated heterocycles. The van der Waals surface area contributed by atoms with E-state index in [0.29, 0.717) is 38.6 Å². The number of halogens is 1. The van der Waals surface area contributed by atoms with Crippen molar-refractivity contribution in [1.82, 2.24) is 10.2 Å². The summed E-state index contributed by atoms with van der Waals surface area (Å²) < 4.78 is 10.7. The van der Waals surface area contributed by atoms with Crippen molar-refractivity contribution in [2.24, 2.45) is 0 Å². The number of nitrogens with one attached hydrogen (secondary N) is 1. The zero-order valence-electron chi connectivity index (χ0n) is 12.2. The maximum atomic E-state index is 11.9. The Morgan fingerprint density at radius 2 is 1.91 bits per heavy atom. The van der Waals surface area contributed by atoms with Crippen molar-refractivity contribution in [2.75, 3.05) is 38.8 Å². The van der Waals surface area contributed by atoms with E-state index in [1.54, 1.807) is 17.0 Å². The number of carbonyl (C=O) groups is 2. The third-order valence-corrected chi connectivity index (χ3v) is 3.50. The van der Waals surface area contributed by atoms with Gasteiger partial charge in [0.2, 0.25) is 5.91 Å². The number of nitrogens with zero attached hydrogens (tertiary/aromatic N) is 1. The van der Waals surface area contributed by atoms with Crippen LogP contribution in [0.4, 0.5) is 0 Å². The molecule has 7 heteroatoms. The van der Waals surface area contributed by atoms with E-state index in [0.717, 1.165) is 5.56 Å². The third-order valence-electron chi connectivity index (χ3n) is 3.26. The molecule has 0 spiro atoms. The molecule has 2 amide bonds. The number of hydrogen-bond donors (Lipinski definition) is 1. The fraction of sp³-hybridized carbons (Fsp3) is 0.467. The summed E-state index contributed by atoms with van der Waals surface area (Å²) >= 11 is 5.40. The monoisotopic (exact) mass is 326 g/mol. The first kappa shape index (κ1) is 16.6. The van der Waals surface area contributed by atoms with Crippen LogP contribution in [0.2, 0.25) is 0 Å². The lowest BCUT2D eigenvalue weighted by molar-refractivity contribution is -0.137. The standard InChI is InChI=1S/C15H19ClN2O4/c16-9-14(19)17-10-12-1-3-13(4-2-12)22-11-15(20)18-5-7-21-8-6-18/h1-4H,5-11H2,(H,17,19). The van der Waals surface area contributed by atoms with Crippen molar-refractivity contribution in [2.45, 2.75) is 6.54 Å². The van der Waals surface area contributed by atoms with Gasteiger partial charge in [-0.2, -0.15) is 0 Å². The van der Waals surface area contributed by atoms with Gasteiger partial charge in [-0.15, -0.1) is 11.6 Å². The maximum absolute atomic E-state index is 11.9. The molecule has 0 aromatic heterocycles. The van der Waals surface area contributed by atoms with Crippen LogP contribution < -0.4 is 10.1 Å². The van der Waals surface area contributed by atoms with E-state index in [2.05, 4.69) is 5.32 Å². The smallest absolute Gasteiger partial charge is 0.260 e. The molecule has 22 heavy (non-hydrogen) atoms. The minimum Gasteiger partial charge on any atom is -0.484 e. The summed E-state index contributed by atoms with van der Waals surface area (Å²) in [5.41, 5.74) is 0.935. The number of rotatable bonds is 6. The average Bonchev–Trinajstić information content (AvgIpc) is 2.59. The molecule has 0 bridgehead atoms. The second-order valence-electron chi connectivity index (χ2n) is 4.84. The molecule has 0 aliphatic carbocycles. The van der Waals surface area contributed by atoms with Gasteiger partial charge >= 0.3 is 0 Å². The van der Waals surface area contributed by atoms with E-state index in [1.807, 2.05) is 12.1 Å². The summed E-state index contributed by atoms with van der Waals surface area (Å²) in [6, 6.07) is 7.22. The zero-order chi connectivity index (χ0) is 15.8. The molecule has 1 aliphatic rings. The molecular weight excluding hydrogens is 308 g/mol. The third kappa shape index (κ3) is 5.20. The van der Waals surface area contributed by atoms with Crippen LogP contribution in [-0.2, 0) is 20.9 Å². The predicted octanol–water partition coefficient (Wildman–Crippen LogP) is 0.779. The molecule has 1 aromatic carbocycles. The van der Waals surface area contributed by atoms with Gasteiger partial charge in [0.25, 0.3) is 5.91 Å². The van der Waals surface area contributed by atoms with E-state index in [1.165, 1.54) is 0 Å². The van der Waals surface area contributed by atoms with Gasteiger partial charge in [0.1, 0.15) is 11.6 Å². The van der Waals surface area contributed by atoms with Gasteiger partial charge in [0.15, 0.2) is 6.61 Å². The first-order chi connectivity index (χ1) is 10.7. The average molecular weight is 327 g/mol. The van der Waals surface area contributed by atoms with Crippen LogP contribution >= 0.6 is 11.6 Å². The van der Waals surface area contributed by atoms with Crippen molar-refractivity contribution in [3.63, 3.8) is 0 Å². The summed E-state index contributed by atoms with van der Waals surface area (Å²) in [4.78, 5) is 24.7. The minimum absolute atomic E-state index is 0.0162. The number of amides is 2. The summed E-state index contributed by atoms with van der Waals surface area (Å²) in [6.45, 7) is 2.81. The van der Waals surface area contributed by atoms with Crippen molar-refractivity contribution < 1.29 is 19.1 Å². The normalized spacial score (nSPS) is 14.5. The molecule has 1 fully saturated rings. The molecule has 0 radical (unpaired) electrons. The van der Waals surface area contributed by atoms with Gasteiger partial charge in [-0.1, -0.05) is 12.1 Å². The Bertz CT molecular complexity index is 501. The molecule has 6 nitrogen and oxygen atoms in total. The molecule has 2 rings (SSSR count). The Morgan fingerprint density at radius 1 is 1.23 bits per heavy atom. The second kappa shape index (κ2) is 8.60. The Kier molecular flexibility index (Phi) is 6.48. The lowest BCUT2D eigenvalue weighted by Crippen LogP contribution is -2.42. The van der Waals surface area contributed by atoms with E-state index in [-0.39, 0.29) is 24.3 Å². The summed E-state index contributed by atoms with van der Waals surface area (Å²) in [7, 11) is 0. The Morgan fingerprint density at radius 3 is 2.55 bits per heavy atom.